The molecule has 0 amide bonds. The number of nitrogens with zero attached hydrogens (tertiary/aromatic N) is 10. The van der Waals surface area contributed by atoms with Gasteiger partial charge in [0.2, 0.25) is 0 Å². The smallest absolute Gasteiger partial charge is 0.137 e. The van der Waals surface area contributed by atoms with Gasteiger partial charge in [-0.1, -0.05) is 84.9 Å². The topological polar surface area (TPSA) is 95.4 Å². The van der Waals surface area contributed by atoms with Crippen LogP contribution in [-0.2, 0) is 21.1 Å². The molecule has 7 aromatic carbocycles. The number of aromatic nitrogens is 9. The minimum Gasteiger partial charge on any atom is -0.304 e. The Morgan fingerprint density at radius 3 is 1.59 bits per heavy atom. The van der Waals surface area contributed by atoms with Crippen LogP contribution in [0.5, 0.6) is 0 Å². The van der Waals surface area contributed by atoms with Crippen LogP contribution in [-0.4, -0.2) is 45.0 Å². The molecular weight excluding hydrogens is 633 g/mol. The summed E-state index contributed by atoms with van der Waals surface area (Å²) in [5.41, 5.74) is 11.4. The van der Waals surface area contributed by atoms with Gasteiger partial charge in [0.25, 0.3) is 0 Å². The molecule has 10 nitrogen and oxygen atoms in total. The van der Waals surface area contributed by atoms with E-state index >= 15 is 0 Å². The standard InChI is InChI=1S/C41H30N10/c1-48-42-32-18-11-19-33(39(32)45-48)51(34-22-20-30(25-12-5-4-6-13-25)37-40(34)46-49(2)43-37)35-23-21-31(38-41(35)47-50(3)44-38)36-28-16-9-7-14-26(28)24-27-15-8-10-17-29(27)36/h4-24H,1-3H3. The highest BCUT2D eigenvalue weighted by Gasteiger charge is 2.27. The molecule has 10 aromatic rings. The molecule has 0 aliphatic heterocycles. The van der Waals surface area contributed by atoms with Gasteiger partial charge in [0.15, 0.2) is 0 Å². The lowest BCUT2D eigenvalue weighted by molar-refractivity contribution is 0.665. The molecule has 0 aliphatic carbocycles. The van der Waals surface area contributed by atoms with Gasteiger partial charge in [-0.2, -0.15) is 45.0 Å². The second kappa shape index (κ2) is 11.0. The fourth-order valence-electron chi connectivity index (χ4n) is 7.47. The molecule has 0 spiro atoms. The average molecular weight is 663 g/mol. The van der Waals surface area contributed by atoms with E-state index in [1.165, 1.54) is 10.8 Å². The Kier molecular flexibility index (Phi) is 6.28. The summed E-state index contributed by atoms with van der Waals surface area (Å²) in [5, 5.41) is 34.1. The predicted octanol–water partition coefficient (Wildman–Crippen LogP) is 8.64. The quantitative estimate of drug-likeness (QED) is 0.170. The van der Waals surface area contributed by atoms with Gasteiger partial charge in [-0.05, 0) is 75.1 Å². The van der Waals surface area contributed by atoms with Crippen LogP contribution < -0.4 is 4.90 Å². The molecule has 10 rings (SSSR count). The summed E-state index contributed by atoms with van der Waals surface area (Å²) >= 11 is 0. The first-order valence-electron chi connectivity index (χ1n) is 16.8. The summed E-state index contributed by atoms with van der Waals surface area (Å²) in [6.45, 7) is 0. The number of hydrogen-bond donors (Lipinski definition) is 0. The summed E-state index contributed by atoms with van der Waals surface area (Å²) in [4.78, 5) is 7.08. The van der Waals surface area contributed by atoms with E-state index in [0.29, 0.717) is 0 Å². The Morgan fingerprint density at radius 1 is 0.412 bits per heavy atom. The molecule has 0 unspecified atom stereocenters. The third kappa shape index (κ3) is 4.50. The molecule has 3 heterocycles. The number of benzene rings is 7. The maximum atomic E-state index is 5.05. The number of hydrogen-bond acceptors (Lipinski definition) is 7. The van der Waals surface area contributed by atoms with Crippen molar-refractivity contribution in [1.82, 2.24) is 45.0 Å². The van der Waals surface area contributed by atoms with Crippen molar-refractivity contribution < 1.29 is 0 Å². The molecule has 0 bridgehead atoms. The minimum atomic E-state index is 0.747. The predicted molar refractivity (Wildman–Crippen MR) is 203 cm³/mol. The van der Waals surface area contributed by atoms with Crippen molar-refractivity contribution in [3.63, 3.8) is 0 Å². The van der Waals surface area contributed by atoms with E-state index in [2.05, 4.69) is 107 Å². The molecule has 0 atom stereocenters. The first-order valence-corrected chi connectivity index (χ1v) is 16.8. The highest BCUT2D eigenvalue weighted by atomic mass is 15.5. The van der Waals surface area contributed by atoms with Crippen LogP contribution >= 0.6 is 0 Å². The van der Waals surface area contributed by atoms with Crippen LogP contribution in [0.15, 0.2) is 127 Å². The van der Waals surface area contributed by atoms with Crippen molar-refractivity contribution in [1.29, 1.82) is 0 Å². The zero-order valence-electron chi connectivity index (χ0n) is 28.1. The largest absolute Gasteiger partial charge is 0.304 e. The molecule has 0 radical (unpaired) electrons. The maximum Gasteiger partial charge on any atom is 0.137 e. The zero-order chi connectivity index (χ0) is 34.2. The van der Waals surface area contributed by atoms with Gasteiger partial charge in [-0.3, -0.25) is 0 Å². The van der Waals surface area contributed by atoms with Crippen molar-refractivity contribution in [3.8, 4) is 22.3 Å². The van der Waals surface area contributed by atoms with Crippen LogP contribution in [0.3, 0.4) is 0 Å². The van der Waals surface area contributed by atoms with Gasteiger partial charge in [0.05, 0.1) is 17.1 Å². The molecule has 0 N–H and O–H groups in total. The molecule has 0 saturated carbocycles. The monoisotopic (exact) mass is 662 g/mol. The lowest BCUT2D eigenvalue weighted by Gasteiger charge is -2.26. The Bertz CT molecular complexity index is 2920. The molecule has 244 valence electrons. The third-order valence-electron chi connectivity index (χ3n) is 9.58. The maximum absolute atomic E-state index is 5.05. The van der Waals surface area contributed by atoms with Crippen molar-refractivity contribution in [2.24, 2.45) is 21.1 Å². The first kappa shape index (κ1) is 29.0. The van der Waals surface area contributed by atoms with Gasteiger partial charge in [-0.25, -0.2) is 0 Å². The van der Waals surface area contributed by atoms with E-state index in [1.807, 2.05) is 51.5 Å². The van der Waals surface area contributed by atoms with Crippen LogP contribution in [0.4, 0.5) is 17.1 Å². The van der Waals surface area contributed by atoms with Crippen molar-refractivity contribution in [3.05, 3.63) is 127 Å². The SMILES string of the molecule is Cn1nc2cccc(N(c3ccc(-c4ccccc4)c4nn(C)nc34)c3ccc(-c4c5ccccc5cc5ccccc45)c4nn(C)nc34)c2n1. The Morgan fingerprint density at radius 2 is 0.922 bits per heavy atom. The van der Waals surface area contributed by atoms with Crippen LogP contribution in [0.25, 0.3) is 76.9 Å². The Balaban J connectivity index is 1.29. The summed E-state index contributed by atoms with van der Waals surface area (Å²) < 4.78 is 0. The van der Waals surface area contributed by atoms with E-state index in [9.17, 15) is 0 Å². The molecule has 0 aliphatic rings. The second-order valence-corrected chi connectivity index (χ2v) is 12.8. The highest BCUT2D eigenvalue weighted by Crippen LogP contribution is 2.47. The molecular formula is C41H30N10. The van der Waals surface area contributed by atoms with Gasteiger partial charge in [-0.15, -0.1) is 0 Å². The van der Waals surface area contributed by atoms with E-state index in [4.69, 9.17) is 25.5 Å². The van der Waals surface area contributed by atoms with Crippen LogP contribution in [0, 0.1) is 0 Å². The molecule has 51 heavy (non-hydrogen) atoms. The van der Waals surface area contributed by atoms with Crippen molar-refractivity contribution >= 4 is 71.7 Å². The summed E-state index contributed by atoms with van der Waals surface area (Å²) in [7, 11) is 5.57. The minimum absolute atomic E-state index is 0.747. The van der Waals surface area contributed by atoms with Gasteiger partial charge < -0.3 is 4.90 Å². The summed E-state index contributed by atoms with van der Waals surface area (Å²) in [6.07, 6.45) is 0. The molecule has 3 aromatic heterocycles. The number of aryl methyl sites for hydroxylation is 3. The van der Waals surface area contributed by atoms with E-state index in [1.54, 1.807) is 14.4 Å². The highest BCUT2D eigenvalue weighted by molar-refractivity contribution is 6.18. The molecule has 0 saturated heterocycles. The van der Waals surface area contributed by atoms with Gasteiger partial charge >= 0.3 is 0 Å². The van der Waals surface area contributed by atoms with Crippen LogP contribution in [0.2, 0.25) is 0 Å². The number of fused-ring (bicyclic) bond motifs is 5. The van der Waals surface area contributed by atoms with Crippen molar-refractivity contribution in [2.45, 2.75) is 0 Å². The fourth-order valence-corrected chi connectivity index (χ4v) is 7.47. The fraction of sp³-hybridized carbons (Fsp3) is 0.0732. The first-order chi connectivity index (χ1) is 25.0. The van der Waals surface area contributed by atoms with Crippen LogP contribution in [0.1, 0.15) is 0 Å². The summed E-state index contributed by atoms with van der Waals surface area (Å²) in [5.74, 6) is 0. The lowest BCUT2D eigenvalue weighted by Crippen LogP contribution is -2.12. The van der Waals surface area contributed by atoms with E-state index in [0.717, 1.165) is 83.2 Å². The molecule has 10 heteroatoms. The van der Waals surface area contributed by atoms with Crippen molar-refractivity contribution in [2.75, 3.05) is 4.90 Å². The normalized spacial score (nSPS) is 11.8. The Hall–Kier alpha value is -6.94. The van der Waals surface area contributed by atoms with Gasteiger partial charge in [0.1, 0.15) is 33.1 Å². The Labute approximate surface area is 291 Å². The van der Waals surface area contributed by atoms with E-state index < -0.39 is 0 Å². The summed E-state index contributed by atoms with van der Waals surface area (Å²) in [6, 6.07) is 44.2. The molecule has 0 fully saturated rings. The number of anilines is 3. The van der Waals surface area contributed by atoms with E-state index in [-0.39, 0.29) is 0 Å². The average Bonchev–Trinajstić information content (AvgIpc) is 3.86. The number of rotatable bonds is 5. The third-order valence-corrected chi connectivity index (χ3v) is 9.58. The second-order valence-electron chi connectivity index (χ2n) is 12.8. The van der Waals surface area contributed by atoms with Gasteiger partial charge in [0, 0.05) is 32.3 Å². The zero-order valence-corrected chi connectivity index (χ0v) is 28.1. The lowest BCUT2D eigenvalue weighted by atomic mass is 9.91.